The van der Waals surface area contributed by atoms with Crippen molar-refractivity contribution in [1.82, 2.24) is 15.2 Å². The number of hydrogen-bond donors (Lipinski definition) is 3. The Morgan fingerprint density at radius 2 is 1.84 bits per heavy atom. The minimum absolute atomic E-state index is 0.120. The highest BCUT2D eigenvalue weighted by atomic mass is 32.1. The van der Waals surface area contributed by atoms with E-state index in [1.165, 1.54) is 12.1 Å². The van der Waals surface area contributed by atoms with Crippen LogP contribution in [0.1, 0.15) is 56.3 Å². The van der Waals surface area contributed by atoms with E-state index in [0.717, 1.165) is 17.8 Å². The summed E-state index contributed by atoms with van der Waals surface area (Å²) in [6, 6.07) is 6.09. The highest BCUT2D eigenvalue weighted by Crippen LogP contribution is 2.25. The lowest BCUT2D eigenvalue weighted by atomic mass is 10.1. The van der Waals surface area contributed by atoms with Gasteiger partial charge in [-0.05, 0) is 44.5 Å². The Hall–Kier alpha value is -3.31. The van der Waals surface area contributed by atoms with Gasteiger partial charge in [-0.1, -0.05) is 18.3 Å². The van der Waals surface area contributed by atoms with Gasteiger partial charge in [-0.25, -0.2) is 9.78 Å². The SMILES string of the molecule is CCCN(CCO)C(=O)c1ccc(C(=O)NC(N)=Nc2nc(C)c(C(=O)OCC)s2)cc1. The largest absolute Gasteiger partial charge is 0.462 e. The van der Waals surface area contributed by atoms with Crippen molar-refractivity contribution in [2.24, 2.45) is 10.7 Å². The molecule has 1 aromatic carbocycles. The Morgan fingerprint density at radius 3 is 2.44 bits per heavy atom. The summed E-state index contributed by atoms with van der Waals surface area (Å²) in [5, 5.41) is 11.8. The molecule has 0 spiro atoms. The maximum Gasteiger partial charge on any atom is 0.350 e. The molecule has 0 aliphatic carbocycles. The van der Waals surface area contributed by atoms with Gasteiger partial charge >= 0.3 is 5.97 Å². The van der Waals surface area contributed by atoms with Crippen LogP contribution >= 0.6 is 11.3 Å². The van der Waals surface area contributed by atoms with Gasteiger partial charge in [-0.3, -0.25) is 14.9 Å². The Kier molecular flexibility index (Phi) is 9.29. The van der Waals surface area contributed by atoms with Crippen LogP contribution in [0.2, 0.25) is 0 Å². The standard InChI is InChI=1S/C21H27N5O5S/c1-4-10-26(11-12-27)18(29)15-8-6-14(7-9-15)17(28)24-20(22)25-21-23-13(3)16(32-21)19(30)31-5-2/h6-9,27H,4-5,10-12H2,1-3H3,(H3,22,23,24,25,28). The minimum Gasteiger partial charge on any atom is -0.462 e. The number of aromatic nitrogens is 1. The van der Waals surface area contributed by atoms with Crippen molar-refractivity contribution >= 4 is 40.2 Å². The van der Waals surface area contributed by atoms with E-state index in [1.54, 1.807) is 30.9 Å². The molecule has 11 heteroatoms. The molecule has 0 bridgehead atoms. The third-order valence-corrected chi connectivity index (χ3v) is 5.28. The maximum absolute atomic E-state index is 12.5. The molecule has 0 aliphatic heterocycles. The van der Waals surface area contributed by atoms with Crippen LogP contribution in [-0.4, -0.2) is 65.0 Å². The first kappa shape index (κ1) is 25.0. The van der Waals surface area contributed by atoms with Gasteiger partial charge in [-0.15, -0.1) is 0 Å². The van der Waals surface area contributed by atoms with Crippen molar-refractivity contribution in [3.8, 4) is 0 Å². The molecule has 0 fully saturated rings. The number of carbonyl (C=O) groups excluding carboxylic acids is 3. The predicted molar refractivity (Wildman–Crippen MR) is 121 cm³/mol. The number of nitrogens with one attached hydrogen (secondary N) is 1. The molecule has 172 valence electrons. The highest BCUT2D eigenvalue weighted by Gasteiger charge is 2.18. The first-order chi connectivity index (χ1) is 15.3. The number of thiazole rings is 1. The maximum atomic E-state index is 12.5. The summed E-state index contributed by atoms with van der Waals surface area (Å²) in [4.78, 5) is 46.9. The number of aliphatic imine (C=N–C) groups is 1. The molecule has 2 aromatic rings. The van der Waals surface area contributed by atoms with Crippen molar-refractivity contribution in [1.29, 1.82) is 0 Å². The Labute approximate surface area is 190 Å². The average Bonchev–Trinajstić information content (AvgIpc) is 3.13. The molecule has 0 aliphatic rings. The molecular weight excluding hydrogens is 434 g/mol. The van der Waals surface area contributed by atoms with E-state index in [1.807, 2.05) is 6.92 Å². The second kappa shape index (κ2) is 11.9. The van der Waals surface area contributed by atoms with Gasteiger partial charge in [0.1, 0.15) is 4.88 Å². The number of nitrogens with two attached hydrogens (primary N) is 1. The van der Waals surface area contributed by atoms with Gasteiger partial charge in [-0.2, -0.15) is 4.99 Å². The van der Waals surface area contributed by atoms with Crippen molar-refractivity contribution in [3.05, 3.63) is 46.0 Å². The van der Waals surface area contributed by atoms with Gasteiger partial charge < -0.3 is 20.5 Å². The third kappa shape index (κ3) is 6.59. The Bertz CT molecular complexity index is 981. The minimum atomic E-state index is -0.509. The molecule has 10 nitrogen and oxygen atoms in total. The fraction of sp³-hybridized carbons (Fsp3) is 0.381. The zero-order valence-corrected chi connectivity index (χ0v) is 19.1. The molecule has 2 amide bonds. The van der Waals surface area contributed by atoms with Crippen LogP contribution in [0.25, 0.3) is 0 Å². The van der Waals surface area contributed by atoms with Crippen LogP contribution in [0.3, 0.4) is 0 Å². The quantitative estimate of drug-likeness (QED) is 0.293. The summed E-state index contributed by atoms with van der Waals surface area (Å²) in [5.74, 6) is -1.40. The van der Waals surface area contributed by atoms with E-state index in [9.17, 15) is 14.4 Å². The van der Waals surface area contributed by atoms with Crippen molar-refractivity contribution in [2.45, 2.75) is 27.2 Å². The van der Waals surface area contributed by atoms with Gasteiger partial charge in [0.25, 0.3) is 11.8 Å². The summed E-state index contributed by atoms with van der Waals surface area (Å²) >= 11 is 1.01. The Balaban J connectivity index is 2.07. The molecular formula is C21H27N5O5S. The number of amides is 2. The van der Waals surface area contributed by atoms with Crippen molar-refractivity contribution in [3.63, 3.8) is 0 Å². The fourth-order valence-corrected chi connectivity index (χ4v) is 3.63. The van der Waals surface area contributed by atoms with E-state index in [0.29, 0.717) is 22.7 Å². The molecule has 2 rings (SSSR count). The summed E-state index contributed by atoms with van der Waals surface area (Å²) in [7, 11) is 0. The van der Waals surface area contributed by atoms with E-state index in [-0.39, 0.29) is 42.3 Å². The van der Waals surface area contributed by atoms with Crippen LogP contribution in [0, 0.1) is 6.92 Å². The first-order valence-corrected chi connectivity index (χ1v) is 10.9. The van der Waals surface area contributed by atoms with Crippen molar-refractivity contribution in [2.75, 3.05) is 26.3 Å². The van der Waals surface area contributed by atoms with E-state index in [4.69, 9.17) is 15.6 Å². The molecule has 0 saturated heterocycles. The van der Waals surface area contributed by atoms with Gasteiger partial charge in [0.05, 0.1) is 18.9 Å². The fourth-order valence-electron chi connectivity index (χ4n) is 2.79. The lowest BCUT2D eigenvalue weighted by Gasteiger charge is -2.21. The summed E-state index contributed by atoms with van der Waals surface area (Å²) < 4.78 is 4.96. The smallest absolute Gasteiger partial charge is 0.350 e. The molecule has 0 radical (unpaired) electrons. The topological polar surface area (TPSA) is 147 Å². The predicted octanol–water partition coefficient (Wildman–Crippen LogP) is 1.85. The lowest BCUT2D eigenvalue weighted by Crippen LogP contribution is -2.36. The zero-order valence-electron chi connectivity index (χ0n) is 18.3. The summed E-state index contributed by atoms with van der Waals surface area (Å²) in [6.45, 7) is 6.21. The van der Waals surface area contributed by atoms with E-state index >= 15 is 0 Å². The van der Waals surface area contributed by atoms with Gasteiger partial charge in [0.2, 0.25) is 11.1 Å². The molecule has 1 heterocycles. The number of hydrogen-bond acceptors (Lipinski definition) is 8. The number of benzene rings is 1. The number of guanidine groups is 1. The van der Waals surface area contributed by atoms with Crippen LogP contribution in [0.4, 0.5) is 5.13 Å². The number of aliphatic hydroxyl groups excluding tert-OH is 1. The number of esters is 1. The third-order valence-electron chi connectivity index (χ3n) is 4.25. The second-order valence-corrected chi connectivity index (χ2v) is 7.65. The molecule has 0 saturated carbocycles. The van der Waals surface area contributed by atoms with Gasteiger partial charge in [0.15, 0.2) is 0 Å². The number of ether oxygens (including phenoxy) is 1. The summed E-state index contributed by atoms with van der Waals surface area (Å²) in [5.41, 5.74) is 6.97. The second-order valence-electron chi connectivity index (χ2n) is 6.68. The molecule has 32 heavy (non-hydrogen) atoms. The van der Waals surface area contributed by atoms with Crippen LogP contribution in [0.5, 0.6) is 0 Å². The van der Waals surface area contributed by atoms with Crippen LogP contribution in [0.15, 0.2) is 29.3 Å². The lowest BCUT2D eigenvalue weighted by molar-refractivity contribution is 0.0530. The number of aliphatic hydroxyl groups is 1. The monoisotopic (exact) mass is 461 g/mol. The van der Waals surface area contributed by atoms with Crippen LogP contribution in [-0.2, 0) is 4.74 Å². The Morgan fingerprint density at radius 1 is 1.19 bits per heavy atom. The molecule has 0 atom stereocenters. The molecule has 4 N–H and O–H groups in total. The number of carbonyl (C=O) groups is 3. The summed E-state index contributed by atoms with van der Waals surface area (Å²) in [6.07, 6.45) is 0.769. The number of nitrogens with zero attached hydrogens (tertiary/aromatic N) is 3. The zero-order chi connectivity index (χ0) is 23.7. The molecule has 0 unspecified atom stereocenters. The molecule has 1 aromatic heterocycles. The van der Waals surface area contributed by atoms with E-state index < -0.39 is 11.9 Å². The van der Waals surface area contributed by atoms with Crippen LogP contribution < -0.4 is 11.1 Å². The highest BCUT2D eigenvalue weighted by molar-refractivity contribution is 7.17. The van der Waals surface area contributed by atoms with E-state index in [2.05, 4.69) is 15.3 Å². The number of rotatable bonds is 9. The van der Waals surface area contributed by atoms with Crippen molar-refractivity contribution < 1.29 is 24.2 Å². The number of aryl methyl sites for hydroxylation is 1. The normalized spacial score (nSPS) is 11.2. The first-order valence-electron chi connectivity index (χ1n) is 10.1. The van der Waals surface area contributed by atoms with Gasteiger partial charge in [0, 0.05) is 24.2 Å². The average molecular weight is 462 g/mol.